The summed E-state index contributed by atoms with van der Waals surface area (Å²) >= 11 is 1.56. The first kappa shape index (κ1) is 18.4. The number of H-pyrrole nitrogens is 1. The van der Waals surface area contributed by atoms with E-state index in [4.69, 9.17) is 9.72 Å². The Hall–Kier alpha value is -2.93. The Kier molecular flexibility index (Phi) is 5.25. The molecular weight excluding hydrogens is 374 g/mol. The molecule has 1 atom stereocenters. The minimum atomic E-state index is -0.251. The molecule has 7 heteroatoms. The van der Waals surface area contributed by atoms with Crippen molar-refractivity contribution in [1.82, 2.24) is 14.9 Å². The van der Waals surface area contributed by atoms with E-state index in [-0.39, 0.29) is 17.5 Å². The van der Waals surface area contributed by atoms with E-state index in [0.29, 0.717) is 29.4 Å². The van der Waals surface area contributed by atoms with Crippen molar-refractivity contribution in [2.75, 3.05) is 13.7 Å². The number of hydrogen-bond donors (Lipinski definition) is 1. The summed E-state index contributed by atoms with van der Waals surface area (Å²) in [7, 11) is 1.58. The largest absolute Gasteiger partial charge is 0.497 e. The molecule has 144 valence electrons. The number of aromatic nitrogens is 2. The maximum Gasteiger partial charge on any atom is 0.254 e. The Bertz CT molecular complexity index is 1030. The van der Waals surface area contributed by atoms with Gasteiger partial charge in [-0.25, -0.2) is 4.98 Å². The van der Waals surface area contributed by atoms with E-state index in [1.807, 2.05) is 33.9 Å². The molecule has 6 nitrogen and oxygen atoms in total. The number of nitrogens with zero attached hydrogens (tertiary/aromatic N) is 2. The number of benzene rings is 1. The molecule has 0 bridgehead atoms. The molecule has 1 fully saturated rings. The highest BCUT2D eigenvalue weighted by atomic mass is 32.1. The van der Waals surface area contributed by atoms with Crippen molar-refractivity contribution in [1.29, 1.82) is 0 Å². The van der Waals surface area contributed by atoms with Crippen molar-refractivity contribution < 1.29 is 9.53 Å². The average Bonchev–Trinajstić information content (AvgIpc) is 3.28. The standard InChI is InChI=1S/C21H21N3O3S/c1-27-16-6-4-5-14(11-16)21(26)24-9-3-2-7-18(24)20-22-17(12-19(25)23-20)15-8-10-28-13-15/h4-6,8,10-13,18H,2-3,7,9H2,1H3,(H,22,23,25). The number of rotatable bonds is 4. The lowest BCUT2D eigenvalue weighted by Gasteiger charge is -2.35. The van der Waals surface area contributed by atoms with Crippen LogP contribution in [0.25, 0.3) is 11.3 Å². The molecular formula is C21H21N3O3S. The van der Waals surface area contributed by atoms with Crippen LogP contribution < -0.4 is 10.3 Å². The van der Waals surface area contributed by atoms with Gasteiger partial charge in [-0.2, -0.15) is 11.3 Å². The molecule has 28 heavy (non-hydrogen) atoms. The van der Waals surface area contributed by atoms with E-state index in [9.17, 15) is 9.59 Å². The third kappa shape index (κ3) is 3.71. The van der Waals surface area contributed by atoms with Gasteiger partial charge in [-0.1, -0.05) is 6.07 Å². The van der Waals surface area contributed by atoms with Gasteiger partial charge in [0, 0.05) is 29.1 Å². The van der Waals surface area contributed by atoms with Gasteiger partial charge in [-0.05, 0) is 48.9 Å². The zero-order chi connectivity index (χ0) is 19.5. The molecule has 0 aliphatic carbocycles. The first-order chi connectivity index (χ1) is 13.7. The minimum Gasteiger partial charge on any atom is -0.497 e. The van der Waals surface area contributed by atoms with Crippen LogP contribution in [0.15, 0.2) is 52.0 Å². The van der Waals surface area contributed by atoms with E-state index in [1.165, 1.54) is 6.07 Å². The van der Waals surface area contributed by atoms with Gasteiger partial charge < -0.3 is 14.6 Å². The van der Waals surface area contributed by atoms with Gasteiger partial charge in [0.1, 0.15) is 11.6 Å². The molecule has 4 rings (SSSR count). The Morgan fingerprint density at radius 3 is 2.96 bits per heavy atom. The second-order valence-corrected chi connectivity index (χ2v) is 7.55. The molecule has 1 saturated heterocycles. The Morgan fingerprint density at radius 2 is 2.18 bits per heavy atom. The smallest absolute Gasteiger partial charge is 0.254 e. The van der Waals surface area contributed by atoms with Crippen LogP contribution in [0.2, 0.25) is 0 Å². The van der Waals surface area contributed by atoms with Gasteiger partial charge in [-0.15, -0.1) is 0 Å². The lowest BCUT2D eigenvalue weighted by molar-refractivity contribution is 0.0599. The fourth-order valence-electron chi connectivity index (χ4n) is 3.57. The summed E-state index contributed by atoms with van der Waals surface area (Å²) in [5.74, 6) is 1.11. The molecule has 0 spiro atoms. The number of likely N-dealkylation sites (tertiary alicyclic amines) is 1. The number of carbonyl (C=O) groups is 1. The lowest BCUT2D eigenvalue weighted by Crippen LogP contribution is -2.40. The molecule has 1 aromatic carbocycles. The second-order valence-electron chi connectivity index (χ2n) is 6.77. The summed E-state index contributed by atoms with van der Waals surface area (Å²) in [6.45, 7) is 0.632. The zero-order valence-corrected chi connectivity index (χ0v) is 16.4. The predicted molar refractivity (Wildman–Crippen MR) is 109 cm³/mol. The first-order valence-corrected chi connectivity index (χ1v) is 10.2. The molecule has 3 heterocycles. The monoisotopic (exact) mass is 395 g/mol. The highest BCUT2D eigenvalue weighted by molar-refractivity contribution is 7.08. The van der Waals surface area contributed by atoms with Gasteiger partial charge in [0.2, 0.25) is 0 Å². The molecule has 2 aromatic heterocycles. The molecule has 1 amide bonds. The van der Waals surface area contributed by atoms with Gasteiger partial charge >= 0.3 is 0 Å². The summed E-state index contributed by atoms with van der Waals surface area (Å²) in [5, 5.41) is 3.92. The number of aromatic amines is 1. The summed E-state index contributed by atoms with van der Waals surface area (Å²) in [6, 6.07) is 10.3. The summed E-state index contributed by atoms with van der Waals surface area (Å²) in [6.07, 6.45) is 2.69. The van der Waals surface area contributed by atoms with Crippen LogP contribution in [0.4, 0.5) is 0 Å². The predicted octanol–water partition coefficient (Wildman–Crippen LogP) is 3.87. The molecule has 1 N–H and O–H groups in total. The molecule has 1 aliphatic rings. The zero-order valence-electron chi connectivity index (χ0n) is 15.6. The van der Waals surface area contributed by atoms with E-state index in [1.54, 1.807) is 30.6 Å². The van der Waals surface area contributed by atoms with Crippen molar-refractivity contribution in [3.63, 3.8) is 0 Å². The second kappa shape index (κ2) is 7.98. The van der Waals surface area contributed by atoms with Crippen molar-refractivity contribution in [2.24, 2.45) is 0 Å². The molecule has 0 radical (unpaired) electrons. The Balaban J connectivity index is 1.69. The van der Waals surface area contributed by atoms with E-state index < -0.39 is 0 Å². The molecule has 0 saturated carbocycles. The average molecular weight is 395 g/mol. The summed E-state index contributed by atoms with van der Waals surface area (Å²) in [4.78, 5) is 34.8. The lowest BCUT2D eigenvalue weighted by atomic mass is 9.99. The number of carbonyl (C=O) groups excluding carboxylic acids is 1. The molecule has 1 unspecified atom stereocenters. The SMILES string of the molecule is COc1cccc(C(=O)N2CCCCC2c2nc(-c3ccsc3)cc(=O)[nH]2)c1. The fraction of sp³-hybridized carbons (Fsp3) is 0.286. The maximum atomic E-state index is 13.2. The van der Waals surface area contributed by atoms with Crippen LogP contribution in [0, 0.1) is 0 Å². The van der Waals surface area contributed by atoms with Crippen molar-refractivity contribution in [2.45, 2.75) is 25.3 Å². The number of amides is 1. The van der Waals surface area contributed by atoms with Gasteiger partial charge in [0.05, 0.1) is 18.8 Å². The van der Waals surface area contributed by atoms with Crippen LogP contribution in [-0.2, 0) is 0 Å². The number of hydrogen-bond acceptors (Lipinski definition) is 5. The van der Waals surface area contributed by atoms with Crippen LogP contribution in [-0.4, -0.2) is 34.4 Å². The van der Waals surface area contributed by atoms with Crippen molar-refractivity contribution in [3.05, 3.63) is 68.9 Å². The number of methoxy groups -OCH3 is 1. The molecule has 1 aliphatic heterocycles. The van der Waals surface area contributed by atoms with Crippen LogP contribution in [0.1, 0.15) is 41.5 Å². The number of thiophene rings is 1. The summed E-state index contributed by atoms with van der Waals surface area (Å²) in [5.41, 5.74) is 1.92. The third-order valence-corrected chi connectivity index (χ3v) is 5.66. The van der Waals surface area contributed by atoms with Crippen LogP contribution >= 0.6 is 11.3 Å². The maximum absolute atomic E-state index is 13.2. The first-order valence-electron chi connectivity index (χ1n) is 9.24. The highest BCUT2D eigenvalue weighted by Gasteiger charge is 2.31. The van der Waals surface area contributed by atoms with Gasteiger partial charge in [0.15, 0.2) is 0 Å². The van der Waals surface area contributed by atoms with Crippen molar-refractivity contribution in [3.8, 4) is 17.0 Å². The summed E-state index contributed by atoms with van der Waals surface area (Å²) < 4.78 is 5.25. The van der Waals surface area contributed by atoms with E-state index in [2.05, 4.69) is 4.98 Å². The fourth-order valence-corrected chi connectivity index (χ4v) is 4.22. The number of ether oxygens (including phenoxy) is 1. The highest BCUT2D eigenvalue weighted by Crippen LogP contribution is 2.31. The Morgan fingerprint density at radius 1 is 1.29 bits per heavy atom. The molecule has 3 aromatic rings. The Labute approximate surface area is 166 Å². The quantitative estimate of drug-likeness (QED) is 0.728. The normalized spacial score (nSPS) is 16.8. The topological polar surface area (TPSA) is 75.3 Å². The van der Waals surface area contributed by atoms with Gasteiger partial charge in [-0.3, -0.25) is 9.59 Å². The van der Waals surface area contributed by atoms with Crippen molar-refractivity contribution >= 4 is 17.2 Å². The third-order valence-electron chi connectivity index (χ3n) is 4.97. The number of nitrogens with one attached hydrogen (secondary N) is 1. The van der Waals surface area contributed by atoms with E-state index in [0.717, 1.165) is 24.8 Å². The van der Waals surface area contributed by atoms with E-state index >= 15 is 0 Å². The van der Waals surface area contributed by atoms with Crippen LogP contribution in [0.3, 0.4) is 0 Å². The minimum absolute atomic E-state index is 0.0767. The van der Waals surface area contributed by atoms with Gasteiger partial charge in [0.25, 0.3) is 11.5 Å². The van der Waals surface area contributed by atoms with Crippen LogP contribution in [0.5, 0.6) is 5.75 Å². The number of piperidine rings is 1.